The lowest BCUT2D eigenvalue weighted by Crippen LogP contribution is -2.02. The topological polar surface area (TPSA) is 30.7 Å². The zero-order chi connectivity index (χ0) is 12.4. The Kier molecular flexibility index (Phi) is 3.48. The minimum atomic E-state index is 0.395. The largest absolute Gasteiger partial charge is 0.310 e. The minimum absolute atomic E-state index is 0.395. The van der Waals surface area contributed by atoms with Crippen molar-refractivity contribution in [2.75, 3.05) is 0 Å². The molecule has 0 unspecified atom stereocenters. The van der Waals surface area contributed by atoms with Gasteiger partial charge in [-0.2, -0.15) is 0 Å². The van der Waals surface area contributed by atoms with Gasteiger partial charge in [-0.05, 0) is 32.4 Å². The molecule has 17 heavy (non-hydrogen) atoms. The van der Waals surface area contributed by atoms with Crippen LogP contribution in [-0.2, 0) is 12.4 Å². The number of aromatic nitrogens is 3. The molecule has 3 nitrogen and oxygen atoms in total. The number of halogens is 1. The van der Waals surface area contributed by atoms with Crippen molar-refractivity contribution in [2.45, 2.75) is 33.2 Å². The second kappa shape index (κ2) is 4.88. The monoisotopic (exact) mass is 249 g/mol. The maximum absolute atomic E-state index is 5.86. The predicted molar refractivity (Wildman–Crippen MR) is 70.2 cm³/mol. The van der Waals surface area contributed by atoms with E-state index in [-0.39, 0.29) is 0 Å². The van der Waals surface area contributed by atoms with E-state index in [4.69, 9.17) is 11.6 Å². The van der Waals surface area contributed by atoms with Crippen LogP contribution in [0.25, 0.3) is 11.4 Å². The summed E-state index contributed by atoms with van der Waals surface area (Å²) < 4.78 is 2.06. The van der Waals surface area contributed by atoms with Crippen molar-refractivity contribution in [3.63, 3.8) is 0 Å². The highest BCUT2D eigenvalue weighted by atomic mass is 35.5. The van der Waals surface area contributed by atoms with Crippen LogP contribution in [0.4, 0.5) is 0 Å². The summed E-state index contributed by atoms with van der Waals surface area (Å²) in [5.74, 6) is 2.13. The van der Waals surface area contributed by atoms with Crippen LogP contribution in [0.5, 0.6) is 0 Å². The van der Waals surface area contributed by atoms with Crippen LogP contribution in [0.15, 0.2) is 18.2 Å². The van der Waals surface area contributed by atoms with Crippen molar-refractivity contribution >= 4 is 11.6 Å². The lowest BCUT2D eigenvalue weighted by atomic mass is 10.1. The van der Waals surface area contributed by atoms with Crippen LogP contribution in [0.1, 0.15) is 23.9 Å². The SMILES string of the molecule is CCn1c(CCl)nnc1-c1cc(C)ccc1C. The number of benzene rings is 1. The molecule has 0 fully saturated rings. The van der Waals surface area contributed by atoms with E-state index in [1.165, 1.54) is 11.1 Å². The summed E-state index contributed by atoms with van der Waals surface area (Å²) in [6, 6.07) is 6.36. The molecule has 1 heterocycles. The number of nitrogens with zero attached hydrogens (tertiary/aromatic N) is 3. The van der Waals surface area contributed by atoms with Crippen LogP contribution in [0.2, 0.25) is 0 Å². The zero-order valence-electron chi connectivity index (χ0n) is 10.4. The summed E-state index contributed by atoms with van der Waals surface area (Å²) in [6.45, 7) is 7.08. The van der Waals surface area contributed by atoms with Gasteiger partial charge in [-0.3, -0.25) is 0 Å². The molecule has 2 rings (SSSR count). The molecular formula is C13H16ClN3. The van der Waals surface area contributed by atoms with Crippen molar-refractivity contribution in [1.82, 2.24) is 14.8 Å². The molecular weight excluding hydrogens is 234 g/mol. The van der Waals surface area contributed by atoms with Crippen molar-refractivity contribution in [1.29, 1.82) is 0 Å². The highest BCUT2D eigenvalue weighted by Crippen LogP contribution is 2.24. The molecule has 0 spiro atoms. The molecule has 0 bridgehead atoms. The van der Waals surface area contributed by atoms with Gasteiger partial charge in [0.05, 0.1) is 5.88 Å². The molecule has 1 aromatic heterocycles. The van der Waals surface area contributed by atoms with E-state index in [0.29, 0.717) is 5.88 Å². The van der Waals surface area contributed by atoms with Crippen LogP contribution in [0, 0.1) is 13.8 Å². The van der Waals surface area contributed by atoms with Crippen molar-refractivity contribution in [2.24, 2.45) is 0 Å². The van der Waals surface area contributed by atoms with Crippen LogP contribution < -0.4 is 0 Å². The Labute approximate surface area is 106 Å². The van der Waals surface area contributed by atoms with Gasteiger partial charge in [-0.25, -0.2) is 0 Å². The fourth-order valence-electron chi connectivity index (χ4n) is 1.94. The van der Waals surface area contributed by atoms with E-state index < -0.39 is 0 Å². The minimum Gasteiger partial charge on any atom is -0.310 e. The first kappa shape index (κ1) is 12.1. The Hall–Kier alpha value is -1.35. The second-order valence-corrected chi connectivity index (χ2v) is 4.40. The van der Waals surface area contributed by atoms with Crippen molar-refractivity contribution in [3.8, 4) is 11.4 Å². The molecule has 0 saturated carbocycles. The maximum Gasteiger partial charge on any atom is 0.164 e. The molecule has 0 N–H and O–H groups in total. The van der Waals surface area contributed by atoms with Crippen molar-refractivity contribution < 1.29 is 0 Å². The van der Waals surface area contributed by atoms with Crippen LogP contribution in [0.3, 0.4) is 0 Å². The average Bonchev–Trinajstić information content (AvgIpc) is 2.74. The van der Waals surface area contributed by atoms with E-state index in [2.05, 4.69) is 53.7 Å². The standard InChI is InChI=1S/C13H16ClN3/c1-4-17-12(8-14)15-16-13(17)11-7-9(2)5-6-10(11)3/h5-7H,4,8H2,1-3H3. The van der Waals surface area contributed by atoms with E-state index >= 15 is 0 Å². The molecule has 1 aromatic carbocycles. The van der Waals surface area contributed by atoms with Crippen LogP contribution in [-0.4, -0.2) is 14.8 Å². The van der Waals surface area contributed by atoms with Gasteiger partial charge >= 0.3 is 0 Å². The maximum atomic E-state index is 5.86. The third kappa shape index (κ3) is 2.20. The first-order chi connectivity index (χ1) is 8.17. The molecule has 90 valence electrons. The van der Waals surface area contributed by atoms with E-state index in [1.807, 2.05) is 0 Å². The third-order valence-corrected chi connectivity index (χ3v) is 3.14. The Bertz CT molecular complexity index is 531. The number of aryl methyl sites for hydroxylation is 2. The summed E-state index contributed by atoms with van der Waals surface area (Å²) >= 11 is 5.86. The summed E-state index contributed by atoms with van der Waals surface area (Å²) in [5, 5.41) is 8.39. The van der Waals surface area contributed by atoms with E-state index in [0.717, 1.165) is 23.8 Å². The Balaban J connectivity index is 2.59. The first-order valence-electron chi connectivity index (χ1n) is 5.73. The highest BCUT2D eigenvalue weighted by molar-refractivity contribution is 6.16. The number of hydrogen-bond acceptors (Lipinski definition) is 2. The Morgan fingerprint density at radius 1 is 1.24 bits per heavy atom. The van der Waals surface area contributed by atoms with Gasteiger partial charge in [0.1, 0.15) is 5.82 Å². The molecule has 2 aromatic rings. The molecule has 0 aliphatic carbocycles. The molecule has 0 atom stereocenters. The smallest absolute Gasteiger partial charge is 0.164 e. The lowest BCUT2D eigenvalue weighted by Gasteiger charge is -2.09. The summed E-state index contributed by atoms with van der Waals surface area (Å²) in [5.41, 5.74) is 3.57. The molecule has 4 heteroatoms. The highest BCUT2D eigenvalue weighted by Gasteiger charge is 2.13. The number of alkyl halides is 1. The predicted octanol–water partition coefficient (Wildman–Crippen LogP) is 3.32. The second-order valence-electron chi connectivity index (χ2n) is 4.14. The van der Waals surface area contributed by atoms with Gasteiger partial charge < -0.3 is 4.57 Å². The third-order valence-electron chi connectivity index (χ3n) is 2.90. The normalized spacial score (nSPS) is 10.8. The molecule has 0 radical (unpaired) electrons. The number of rotatable bonds is 3. The van der Waals surface area contributed by atoms with Crippen molar-refractivity contribution in [3.05, 3.63) is 35.2 Å². The quantitative estimate of drug-likeness (QED) is 0.782. The summed E-state index contributed by atoms with van der Waals surface area (Å²) in [4.78, 5) is 0. The Morgan fingerprint density at radius 2 is 2.00 bits per heavy atom. The Morgan fingerprint density at radius 3 is 2.65 bits per heavy atom. The first-order valence-corrected chi connectivity index (χ1v) is 6.26. The zero-order valence-corrected chi connectivity index (χ0v) is 11.1. The number of hydrogen-bond donors (Lipinski definition) is 0. The van der Waals surface area contributed by atoms with E-state index in [1.54, 1.807) is 0 Å². The molecule has 0 aliphatic rings. The molecule has 0 aliphatic heterocycles. The summed E-state index contributed by atoms with van der Waals surface area (Å²) in [7, 11) is 0. The van der Waals surface area contributed by atoms with Gasteiger partial charge in [0, 0.05) is 12.1 Å². The van der Waals surface area contributed by atoms with Gasteiger partial charge in [0.25, 0.3) is 0 Å². The lowest BCUT2D eigenvalue weighted by molar-refractivity contribution is 0.730. The molecule has 0 saturated heterocycles. The molecule has 0 amide bonds. The van der Waals surface area contributed by atoms with Gasteiger partial charge in [-0.15, -0.1) is 21.8 Å². The van der Waals surface area contributed by atoms with Gasteiger partial charge in [0.2, 0.25) is 0 Å². The summed E-state index contributed by atoms with van der Waals surface area (Å²) in [6.07, 6.45) is 0. The fraction of sp³-hybridized carbons (Fsp3) is 0.385. The van der Waals surface area contributed by atoms with E-state index in [9.17, 15) is 0 Å². The average molecular weight is 250 g/mol. The van der Waals surface area contributed by atoms with Crippen LogP contribution >= 0.6 is 11.6 Å². The van der Waals surface area contributed by atoms with Gasteiger partial charge in [0.15, 0.2) is 5.82 Å². The van der Waals surface area contributed by atoms with Gasteiger partial charge in [-0.1, -0.05) is 17.7 Å². The fourth-order valence-corrected chi connectivity index (χ4v) is 2.14.